The lowest BCUT2D eigenvalue weighted by Crippen LogP contribution is -2.34. The molecule has 0 spiro atoms. The summed E-state index contributed by atoms with van der Waals surface area (Å²) in [6.07, 6.45) is 4.89. The highest BCUT2D eigenvalue weighted by molar-refractivity contribution is 5.51. The largest absolute Gasteiger partial charge is 0.366 e. The van der Waals surface area contributed by atoms with Crippen molar-refractivity contribution in [3.05, 3.63) is 29.6 Å². The molecule has 110 valence electrons. The van der Waals surface area contributed by atoms with Gasteiger partial charge in [0.15, 0.2) is 0 Å². The summed E-state index contributed by atoms with van der Waals surface area (Å²) in [5.74, 6) is 0.515. The van der Waals surface area contributed by atoms with Crippen LogP contribution >= 0.6 is 0 Å². The van der Waals surface area contributed by atoms with E-state index in [2.05, 4.69) is 30.1 Å². The van der Waals surface area contributed by atoms with Crippen molar-refractivity contribution < 1.29 is 4.39 Å². The first kappa shape index (κ1) is 13.9. The molecule has 0 bridgehead atoms. The standard InChI is InChI=1S/C17H25FN2/c1-12(2)16-4-3-9-20(16)17-8-5-13(10-15(17)18)11-19-14-6-7-14/h5,8,10,12,14,16,19H,3-4,6-7,9,11H2,1-2H3. The van der Waals surface area contributed by atoms with Crippen molar-refractivity contribution in [1.82, 2.24) is 5.32 Å². The summed E-state index contributed by atoms with van der Waals surface area (Å²) in [5.41, 5.74) is 1.84. The van der Waals surface area contributed by atoms with Gasteiger partial charge in [0.1, 0.15) is 5.82 Å². The minimum atomic E-state index is -0.0624. The molecule has 2 nitrogen and oxygen atoms in total. The Morgan fingerprint density at radius 2 is 2.10 bits per heavy atom. The second-order valence-corrected chi connectivity index (χ2v) is 6.59. The third-order valence-corrected chi connectivity index (χ3v) is 4.56. The average Bonchev–Trinajstić information content (AvgIpc) is 3.11. The van der Waals surface area contributed by atoms with Crippen LogP contribution in [-0.4, -0.2) is 18.6 Å². The van der Waals surface area contributed by atoms with Crippen LogP contribution in [0.4, 0.5) is 10.1 Å². The maximum atomic E-state index is 14.4. The molecule has 1 aliphatic carbocycles. The van der Waals surface area contributed by atoms with Crippen LogP contribution in [0.1, 0.15) is 45.1 Å². The number of benzene rings is 1. The van der Waals surface area contributed by atoms with E-state index >= 15 is 0 Å². The average molecular weight is 276 g/mol. The van der Waals surface area contributed by atoms with Crippen LogP contribution in [0, 0.1) is 11.7 Å². The zero-order valence-corrected chi connectivity index (χ0v) is 12.5. The Bertz CT molecular complexity index is 468. The molecule has 20 heavy (non-hydrogen) atoms. The topological polar surface area (TPSA) is 15.3 Å². The van der Waals surface area contributed by atoms with Gasteiger partial charge in [0.05, 0.1) is 5.69 Å². The highest BCUT2D eigenvalue weighted by Gasteiger charge is 2.29. The summed E-state index contributed by atoms with van der Waals surface area (Å²) >= 11 is 0. The smallest absolute Gasteiger partial charge is 0.146 e. The van der Waals surface area contributed by atoms with Crippen molar-refractivity contribution >= 4 is 5.69 Å². The fraction of sp³-hybridized carbons (Fsp3) is 0.647. The molecule has 1 atom stereocenters. The number of halogens is 1. The summed E-state index contributed by atoms with van der Waals surface area (Å²) in [7, 11) is 0. The van der Waals surface area contributed by atoms with Gasteiger partial charge in [0.25, 0.3) is 0 Å². The Morgan fingerprint density at radius 3 is 2.75 bits per heavy atom. The maximum Gasteiger partial charge on any atom is 0.146 e. The lowest BCUT2D eigenvalue weighted by atomic mass is 10.0. The quantitative estimate of drug-likeness (QED) is 0.882. The lowest BCUT2D eigenvalue weighted by molar-refractivity contribution is 0.485. The van der Waals surface area contributed by atoms with Gasteiger partial charge in [0.2, 0.25) is 0 Å². The summed E-state index contributed by atoms with van der Waals surface area (Å²) < 4.78 is 14.4. The zero-order valence-electron chi connectivity index (χ0n) is 12.5. The Morgan fingerprint density at radius 1 is 1.30 bits per heavy atom. The van der Waals surface area contributed by atoms with Gasteiger partial charge in [0, 0.05) is 25.2 Å². The van der Waals surface area contributed by atoms with Crippen molar-refractivity contribution in [3.63, 3.8) is 0 Å². The van der Waals surface area contributed by atoms with Crippen LogP contribution in [0.15, 0.2) is 18.2 Å². The molecule has 0 radical (unpaired) electrons. The molecule has 1 N–H and O–H groups in total. The Balaban J connectivity index is 1.72. The highest BCUT2D eigenvalue weighted by atomic mass is 19.1. The van der Waals surface area contributed by atoms with E-state index in [4.69, 9.17) is 0 Å². The van der Waals surface area contributed by atoms with Gasteiger partial charge in [-0.1, -0.05) is 19.9 Å². The lowest BCUT2D eigenvalue weighted by Gasteiger charge is -2.30. The van der Waals surface area contributed by atoms with Crippen molar-refractivity contribution in [2.45, 2.75) is 58.2 Å². The van der Waals surface area contributed by atoms with Gasteiger partial charge in [-0.25, -0.2) is 4.39 Å². The minimum absolute atomic E-state index is 0.0624. The van der Waals surface area contributed by atoms with Gasteiger partial charge >= 0.3 is 0 Å². The number of hydrogen-bond acceptors (Lipinski definition) is 2. The van der Waals surface area contributed by atoms with Crippen LogP contribution in [0.2, 0.25) is 0 Å². The zero-order chi connectivity index (χ0) is 14.1. The third-order valence-electron chi connectivity index (χ3n) is 4.56. The maximum absolute atomic E-state index is 14.4. The number of nitrogens with zero attached hydrogens (tertiary/aromatic N) is 1. The molecule has 3 rings (SSSR count). The van der Waals surface area contributed by atoms with Gasteiger partial charge < -0.3 is 10.2 Å². The molecule has 1 saturated carbocycles. The van der Waals surface area contributed by atoms with E-state index < -0.39 is 0 Å². The second kappa shape index (κ2) is 5.72. The summed E-state index contributed by atoms with van der Waals surface area (Å²) in [4.78, 5) is 2.26. The fourth-order valence-corrected chi connectivity index (χ4v) is 3.23. The van der Waals surface area contributed by atoms with E-state index in [9.17, 15) is 4.39 Å². The molecule has 3 heteroatoms. The Kier molecular flexibility index (Phi) is 3.97. The van der Waals surface area contributed by atoms with Crippen LogP contribution in [-0.2, 0) is 6.54 Å². The van der Waals surface area contributed by atoms with E-state index in [-0.39, 0.29) is 5.82 Å². The van der Waals surface area contributed by atoms with Gasteiger partial charge in [-0.05, 0) is 49.3 Å². The number of rotatable bonds is 5. The number of hydrogen-bond donors (Lipinski definition) is 1. The third kappa shape index (κ3) is 2.98. The van der Waals surface area contributed by atoms with E-state index in [1.807, 2.05) is 6.07 Å². The molecule has 1 aromatic carbocycles. The van der Waals surface area contributed by atoms with Gasteiger partial charge in [-0.2, -0.15) is 0 Å². The van der Waals surface area contributed by atoms with Crippen molar-refractivity contribution in [3.8, 4) is 0 Å². The van der Waals surface area contributed by atoms with Crippen LogP contribution in [0.5, 0.6) is 0 Å². The molecule has 1 saturated heterocycles. The van der Waals surface area contributed by atoms with Crippen LogP contribution in [0.25, 0.3) is 0 Å². The van der Waals surface area contributed by atoms with Crippen molar-refractivity contribution in [2.75, 3.05) is 11.4 Å². The fourth-order valence-electron chi connectivity index (χ4n) is 3.23. The monoisotopic (exact) mass is 276 g/mol. The molecule has 1 heterocycles. The first-order chi connectivity index (χ1) is 9.65. The Hall–Kier alpha value is -1.09. The molecule has 1 unspecified atom stereocenters. The van der Waals surface area contributed by atoms with Crippen LogP contribution in [0.3, 0.4) is 0 Å². The molecule has 2 fully saturated rings. The molecule has 0 aromatic heterocycles. The van der Waals surface area contributed by atoms with E-state index in [1.54, 1.807) is 6.07 Å². The molecular weight excluding hydrogens is 251 g/mol. The van der Waals surface area contributed by atoms with E-state index in [0.29, 0.717) is 18.0 Å². The van der Waals surface area contributed by atoms with Crippen LogP contribution < -0.4 is 10.2 Å². The molecule has 2 aliphatic rings. The SMILES string of the molecule is CC(C)C1CCCN1c1ccc(CNC2CC2)cc1F. The first-order valence-electron chi connectivity index (χ1n) is 7.93. The molecule has 1 aliphatic heterocycles. The molecular formula is C17H25FN2. The van der Waals surface area contributed by atoms with Gasteiger partial charge in [-0.3, -0.25) is 0 Å². The number of anilines is 1. The summed E-state index contributed by atoms with van der Waals surface area (Å²) in [6.45, 7) is 6.23. The summed E-state index contributed by atoms with van der Waals surface area (Å²) in [6, 6.07) is 6.91. The van der Waals surface area contributed by atoms with E-state index in [1.165, 1.54) is 25.7 Å². The summed E-state index contributed by atoms with van der Waals surface area (Å²) in [5, 5.41) is 3.44. The minimum Gasteiger partial charge on any atom is -0.366 e. The predicted molar refractivity (Wildman–Crippen MR) is 81.5 cm³/mol. The number of nitrogens with one attached hydrogen (secondary N) is 1. The van der Waals surface area contributed by atoms with Crippen molar-refractivity contribution in [2.24, 2.45) is 5.92 Å². The molecule has 1 aromatic rings. The highest BCUT2D eigenvalue weighted by Crippen LogP contribution is 2.32. The first-order valence-corrected chi connectivity index (χ1v) is 7.93. The Labute approximate surface area is 121 Å². The van der Waals surface area contributed by atoms with Gasteiger partial charge in [-0.15, -0.1) is 0 Å². The van der Waals surface area contributed by atoms with Crippen molar-refractivity contribution in [1.29, 1.82) is 0 Å². The normalized spacial score (nSPS) is 22.8. The predicted octanol–water partition coefficient (Wildman–Crippen LogP) is 3.70. The second-order valence-electron chi connectivity index (χ2n) is 6.59. The van der Waals surface area contributed by atoms with E-state index in [0.717, 1.165) is 24.3 Å². The molecule has 0 amide bonds.